The largest absolute Gasteiger partial charge is 0.372 e. The number of fused-ring (bicyclic) bond motifs is 3. The number of halogens is 2. The molecular formula is C25H35Cl2N3. The lowest BCUT2D eigenvalue weighted by molar-refractivity contribution is 0.539. The van der Waals surface area contributed by atoms with Crippen LogP contribution in [0, 0.1) is 0 Å². The third-order valence-corrected chi connectivity index (χ3v) is 6.19. The van der Waals surface area contributed by atoms with Crippen LogP contribution in [0.25, 0.3) is 10.9 Å². The molecule has 0 unspecified atom stereocenters. The first-order chi connectivity index (χ1) is 13.8. The number of hydrogen-bond donors (Lipinski definition) is 1. The van der Waals surface area contributed by atoms with Gasteiger partial charge in [0, 0.05) is 48.5 Å². The topological polar surface area (TPSA) is 20.2 Å². The SMILES string of the molecule is CCN(CC)c1ccc(CNCCc2c3n(c4ccccc24)CCCC3)cc1.Cl.Cl. The van der Waals surface area contributed by atoms with Crippen molar-refractivity contribution in [1.82, 2.24) is 9.88 Å². The smallest absolute Gasteiger partial charge is 0.0485 e. The Kier molecular flexibility index (Phi) is 9.54. The maximum Gasteiger partial charge on any atom is 0.0485 e. The summed E-state index contributed by atoms with van der Waals surface area (Å²) in [7, 11) is 0. The average molecular weight is 448 g/mol. The zero-order valence-electron chi connectivity index (χ0n) is 18.2. The minimum absolute atomic E-state index is 0. The highest BCUT2D eigenvalue weighted by Gasteiger charge is 2.18. The third kappa shape index (κ3) is 5.14. The lowest BCUT2D eigenvalue weighted by atomic mass is 10.0. The number of aromatic nitrogens is 1. The number of benzene rings is 2. The monoisotopic (exact) mass is 447 g/mol. The van der Waals surface area contributed by atoms with Gasteiger partial charge in [-0.15, -0.1) is 24.8 Å². The van der Waals surface area contributed by atoms with Gasteiger partial charge >= 0.3 is 0 Å². The molecule has 0 aliphatic carbocycles. The molecule has 5 heteroatoms. The molecule has 0 spiro atoms. The maximum absolute atomic E-state index is 3.67. The molecule has 3 aromatic rings. The Bertz CT molecular complexity index is 914. The Labute approximate surface area is 193 Å². The number of aryl methyl sites for hydroxylation is 1. The Hall–Kier alpha value is -1.68. The molecule has 1 aromatic heterocycles. The Morgan fingerprint density at radius 2 is 1.67 bits per heavy atom. The van der Waals surface area contributed by atoms with Gasteiger partial charge in [-0.25, -0.2) is 0 Å². The van der Waals surface area contributed by atoms with Crippen LogP contribution in [0.3, 0.4) is 0 Å². The molecule has 2 aromatic carbocycles. The van der Waals surface area contributed by atoms with Gasteiger partial charge < -0.3 is 14.8 Å². The van der Waals surface area contributed by atoms with E-state index in [-0.39, 0.29) is 24.8 Å². The second kappa shape index (κ2) is 11.6. The summed E-state index contributed by atoms with van der Waals surface area (Å²) < 4.78 is 2.57. The summed E-state index contributed by atoms with van der Waals surface area (Å²) in [6.07, 6.45) is 4.99. The van der Waals surface area contributed by atoms with Gasteiger partial charge in [-0.2, -0.15) is 0 Å². The summed E-state index contributed by atoms with van der Waals surface area (Å²) >= 11 is 0. The van der Waals surface area contributed by atoms with E-state index in [0.29, 0.717) is 0 Å². The molecule has 1 N–H and O–H groups in total. The molecule has 0 radical (unpaired) electrons. The van der Waals surface area contributed by atoms with Gasteiger partial charge in [0.25, 0.3) is 0 Å². The van der Waals surface area contributed by atoms with Gasteiger partial charge in [0.2, 0.25) is 0 Å². The van der Waals surface area contributed by atoms with Gasteiger partial charge in [-0.1, -0.05) is 30.3 Å². The molecule has 4 rings (SSSR count). The van der Waals surface area contributed by atoms with Crippen molar-refractivity contribution in [2.45, 2.75) is 52.6 Å². The highest BCUT2D eigenvalue weighted by molar-refractivity contribution is 5.86. The second-order valence-electron chi connectivity index (χ2n) is 7.82. The van der Waals surface area contributed by atoms with Crippen molar-refractivity contribution in [3.63, 3.8) is 0 Å². The first-order valence-electron chi connectivity index (χ1n) is 11.0. The molecule has 0 saturated carbocycles. The van der Waals surface area contributed by atoms with Crippen molar-refractivity contribution in [1.29, 1.82) is 0 Å². The number of nitrogens with zero attached hydrogens (tertiary/aromatic N) is 2. The predicted molar refractivity (Wildman–Crippen MR) is 135 cm³/mol. The van der Waals surface area contributed by atoms with Crippen LogP contribution >= 0.6 is 24.8 Å². The zero-order valence-corrected chi connectivity index (χ0v) is 19.8. The molecule has 0 bridgehead atoms. The van der Waals surface area contributed by atoms with E-state index in [1.165, 1.54) is 48.0 Å². The van der Waals surface area contributed by atoms with Crippen molar-refractivity contribution >= 4 is 41.4 Å². The van der Waals surface area contributed by atoms with Crippen LogP contribution < -0.4 is 10.2 Å². The number of rotatable bonds is 8. The van der Waals surface area contributed by atoms with Gasteiger partial charge in [-0.3, -0.25) is 0 Å². The fourth-order valence-electron chi connectivity index (χ4n) is 4.67. The minimum atomic E-state index is 0. The molecule has 30 heavy (non-hydrogen) atoms. The maximum atomic E-state index is 3.67. The number of anilines is 1. The van der Waals surface area contributed by atoms with Crippen molar-refractivity contribution < 1.29 is 0 Å². The van der Waals surface area contributed by atoms with Gasteiger partial charge in [-0.05, 0) is 75.4 Å². The van der Waals surface area contributed by atoms with E-state index < -0.39 is 0 Å². The van der Waals surface area contributed by atoms with E-state index in [0.717, 1.165) is 32.6 Å². The molecular weight excluding hydrogens is 413 g/mol. The average Bonchev–Trinajstić information content (AvgIpc) is 3.07. The molecule has 0 fully saturated rings. The highest BCUT2D eigenvalue weighted by atomic mass is 35.5. The van der Waals surface area contributed by atoms with Crippen LogP contribution in [0.4, 0.5) is 5.69 Å². The lowest BCUT2D eigenvalue weighted by Crippen LogP contribution is -2.22. The first-order valence-corrected chi connectivity index (χ1v) is 11.0. The van der Waals surface area contributed by atoms with Crippen LogP contribution in [0.2, 0.25) is 0 Å². The summed E-state index contributed by atoms with van der Waals surface area (Å²) in [4.78, 5) is 2.39. The van der Waals surface area contributed by atoms with Crippen LogP contribution in [0.1, 0.15) is 43.5 Å². The Morgan fingerprint density at radius 1 is 0.933 bits per heavy atom. The molecule has 0 amide bonds. The fraction of sp³-hybridized carbons (Fsp3) is 0.440. The van der Waals surface area contributed by atoms with Gasteiger partial charge in [0.1, 0.15) is 0 Å². The summed E-state index contributed by atoms with van der Waals surface area (Å²) in [5.74, 6) is 0. The van der Waals surface area contributed by atoms with E-state index in [9.17, 15) is 0 Å². The third-order valence-electron chi connectivity index (χ3n) is 6.19. The summed E-state index contributed by atoms with van der Waals surface area (Å²) in [6.45, 7) is 9.69. The van der Waals surface area contributed by atoms with Crippen molar-refractivity contribution in [3.8, 4) is 0 Å². The van der Waals surface area contributed by atoms with E-state index in [4.69, 9.17) is 0 Å². The molecule has 0 saturated heterocycles. The van der Waals surface area contributed by atoms with Crippen molar-refractivity contribution in [2.24, 2.45) is 0 Å². The molecule has 1 aliphatic heterocycles. The quantitative estimate of drug-likeness (QED) is 0.427. The van der Waals surface area contributed by atoms with Crippen LogP contribution in [-0.4, -0.2) is 24.2 Å². The van der Waals surface area contributed by atoms with Crippen molar-refractivity contribution in [2.75, 3.05) is 24.5 Å². The number of nitrogens with one attached hydrogen (secondary N) is 1. The van der Waals surface area contributed by atoms with E-state index in [2.05, 4.69) is 77.2 Å². The van der Waals surface area contributed by atoms with Crippen molar-refractivity contribution in [3.05, 3.63) is 65.4 Å². The normalized spacial score (nSPS) is 12.7. The number of hydrogen-bond acceptors (Lipinski definition) is 2. The summed E-state index contributed by atoms with van der Waals surface area (Å²) in [5.41, 5.74) is 7.26. The standard InChI is InChI=1S/C25H33N3.2ClH/c1-3-27(4-2)21-14-12-20(13-15-21)19-26-17-16-23-22-9-5-6-10-24(22)28-18-8-7-11-25(23)28;;/h5-6,9-10,12-15,26H,3-4,7-8,11,16-19H2,1-2H3;2*1H. The molecule has 3 nitrogen and oxygen atoms in total. The van der Waals surface area contributed by atoms with Gasteiger partial charge in [0.05, 0.1) is 0 Å². The van der Waals surface area contributed by atoms with E-state index in [1.54, 1.807) is 11.3 Å². The Balaban J connectivity index is 0.00000160. The second-order valence-corrected chi connectivity index (χ2v) is 7.82. The first kappa shape index (κ1) is 24.6. The fourth-order valence-corrected chi connectivity index (χ4v) is 4.67. The number of para-hydroxylation sites is 1. The molecule has 0 atom stereocenters. The van der Waals surface area contributed by atoms with Crippen LogP contribution in [0.15, 0.2) is 48.5 Å². The molecule has 1 aliphatic rings. The minimum Gasteiger partial charge on any atom is -0.372 e. The van der Waals surface area contributed by atoms with Crippen LogP contribution in [0.5, 0.6) is 0 Å². The Morgan fingerprint density at radius 3 is 2.40 bits per heavy atom. The zero-order chi connectivity index (χ0) is 19.3. The lowest BCUT2D eigenvalue weighted by Gasteiger charge is -2.21. The summed E-state index contributed by atoms with van der Waals surface area (Å²) in [5, 5.41) is 5.13. The molecule has 164 valence electrons. The predicted octanol–water partition coefficient (Wildman–Crippen LogP) is 6.00. The molecule has 2 heterocycles. The summed E-state index contributed by atoms with van der Waals surface area (Å²) in [6, 6.07) is 18.0. The van der Waals surface area contributed by atoms with E-state index >= 15 is 0 Å². The van der Waals surface area contributed by atoms with E-state index in [1.807, 2.05) is 0 Å². The van der Waals surface area contributed by atoms with Gasteiger partial charge in [0.15, 0.2) is 0 Å². The van der Waals surface area contributed by atoms with Crippen LogP contribution in [-0.2, 0) is 25.9 Å². The highest BCUT2D eigenvalue weighted by Crippen LogP contribution is 2.30.